The van der Waals surface area contributed by atoms with Crippen LogP contribution in [0.5, 0.6) is 0 Å². The van der Waals surface area contributed by atoms with E-state index in [-0.39, 0.29) is 12.0 Å². The summed E-state index contributed by atoms with van der Waals surface area (Å²) in [6, 6.07) is -0.568. The van der Waals surface area contributed by atoms with E-state index in [0.29, 0.717) is 0 Å². The van der Waals surface area contributed by atoms with Gasteiger partial charge in [-0.25, -0.2) is 9.59 Å². The third-order valence-electron chi connectivity index (χ3n) is 3.02. The van der Waals surface area contributed by atoms with Crippen LogP contribution in [0.15, 0.2) is 15.8 Å². The summed E-state index contributed by atoms with van der Waals surface area (Å²) in [7, 11) is -4.96. The van der Waals surface area contributed by atoms with Crippen molar-refractivity contribution in [1.82, 2.24) is 9.55 Å². The standard InChI is InChI=1S/C10H13N2O8P/c1-4-3-12(10(16)11-7(4)13)5-2-6(5)20-9(8(14)15)21(17,18)19/h3,5-6,9H,2H2,1H3,(H,14,15)(H,11,13,16)(H2,17,18,19). The summed E-state index contributed by atoms with van der Waals surface area (Å²) in [5.41, 5.74) is -0.942. The predicted octanol–water partition coefficient (Wildman–Crippen LogP) is -1.24. The molecule has 3 atom stereocenters. The van der Waals surface area contributed by atoms with Gasteiger partial charge in [-0.3, -0.25) is 18.9 Å². The van der Waals surface area contributed by atoms with E-state index in [0.717, 1.165) is 4.57 Å². The zero-order valence-electron chi connectivity index (χ0n) is 10.8. The van der Waals surface area contributed by atoms with Gasteiger partial charge in [0.2, 0.25) is 0 Å². The molecular formula is C10H13N2O8P. The molecule has 1 aromatic heterocycles. The molecule has 0 spiro atoms. The zero-order valence-corrected chi connectivity index (χ0v) is 11.7. The number of ether oxygens (including phenoxy) is 1. The average Bonchev–Trinajstić information content (AvgIpc) is 3.08. The molecule has 2 rings (SSSR count). The molecule has 0 aliphatic heterocycles. The van der Waals surface area contributed by atoms with Crippen LogP contribution in [0.25, 0.3) is 0 Å². The quantitative estimate of drug-likeness (QED) is 0.490. The van der Waals surface area contributed by atoms with Gasteiger partial charge in [-0.1, -0.05) is 0 Å². The van der Waals surface area contributed by atoms with Gasteiger partial charge in [-0.2, -0.15) is 0 Å². The van der Waals surface area contributed by atoms with Crippen molar-refractivity contribution in [2.45, 2.75) is 31.3 Å². The average molecular weight is 320 g/mol. The Bertz CT molecular complexity index is 731. The fourth-order valence-corrected chi connectivity index (χ4v) is 2.48. The summed E-state index contributed by atoms with van der Waals surface area (Å²) in [6.07, 6.45) is 0.694. The van der Waals surface area contributed by atoms with E-state index >= 15 is 0 Å². The van der Waals surface area contributed by atoms with E-state index in [4.69, 9.17) is 19.6 Å². The van der Waals surface area contributed by atoms with Crippen LogP contribution in [-0.4, -0.2) is 42.4 Å². The van der Waals surface area contributed by atoms with E-state index in [1.807, 2.05) is 0 Å². The summed E-state index contributed by atoms with van der Waals surface area (Å²) < 4.78 is 17.0. The number of carbonyl (C=O) groups is 1. The SMILES string of the molecule is Cc1cn(C2CC2OC(C(=O)O)P(=O)(O)O)c(=O)[nH]c1=O. The fraction of sp³-hybridized carbons (Fsp3) is 0.500. The Balaban J connectivity index is 2.17. The molecule has 0 bridgehead atoms. The van der Waals surface area contributed by atoms with Crippen molar-refractivity contribution in [3.05, 3.63) is 32.6 Å². The summed E-state index contributed by atoms with van der Waals surface area (Å²) in [5.74, 6) is -4.05. The summed E-state index contributed by atoms with van der Waals surface area (Å²) in [6.45, 7) is 1.49. The second-order valence-corrected chi connectivity index (χ2v) is 6.38. The molecule has 1 fully saturated rings. The van der Waals surface area contributed by atoms with Gasteiger partial charge in [0, 0.05) is 11.8 Å². The highest BCUT2D eigenvalue weighted by molar-refractivity contribution is 7.53. The third kappa shape index (κ3) is 3.30. The number of aromatic nitrogens is 2. The number of aliphatic carboxylic acids is 1. The number of hydrogen-bond acceptors (Lipinski definition) is 5. The normalized spacial score (nSPS) is 22.8. The molecule has 0 aromatic carbocycles. The van der Waals surface area contributed by atoms with Crippen molar-refractivity contribution >= 4 is 13.6 Å². The summed E-state index contributed by atoms with van der Waals surface area (Å²) >= 11 is 0. The van der Waals surface area contributed by atoms with Gasteiger partial charge < -0.3 is 19.6 Å². The van der Waals surface area contributed by atoms with Crippen molar-refractivity contribution in [3.63, 3.8) is 0 Å². The number of nitrogens with zero attached hydrogens (tertiary/aromatic N) is 1. The third-order valence-corrected chi connectivity index (χ3v) is 3.98. The van der Waals surface area contributed by atoms with Gasteiger partial charge in [0.1, 0.15) is 0 Å². The summed E-state index contributed by atoms with van der Waals surface area (Å²) in [5, 5.41) is 8.74. The minimum absolute atomic E-state index is 0.217. The van der Waals surface area contributed by atoms with E-state index < -0.39 is 42.8 Å². The van der Waals surface area contributed by atoms with Crippen LogP contribution in [0, 0.1) is 6.92 Å². The van der Waals surface area contributed by atoms with Crippen molar-refractivity contribution in [2.24, 2.45) is 0 Å². The van der Waals surface area contributed by atoms with Gasteiger partial charge in [-0.05, 0) is 13.3 Å². The molecule has 4 N–H and O–H groups in total. The molecule has 10 nitrogen and oxygen atoms in total. The molecular weight excluding hydrogens is 307 g/mol. The van der Waals surface area contributed by atoms with Crippen molar-refractivity contribution in [2.75, 3.05) is 0 Å². The number of H-pyrrole nitrogens is 1. The highest BCUT2D eigenvalue weighted by atomic mass is 31.2. The molecule has 11 heteroatoms. The van der Waals surface area contributed by atoms with Crippen LogP contribution in [-0.2, 0) is 14.1 Å². The maximum absolute atomic E-state index is 11.6. The Morgan fingerprint density at radius 2 is 2.14 bits per heavy atom. The first-order chi connectivity index (χ1) is 9.61. The number of carboxylic acids is 1. The number of aryl methyl sites for hydroxylation is 1. The van der Waals surface area contributed by atoms with E-state index in [1.54, 1.807) is 0 Å². The number of aromatic amines is 1. The lowest BCUT2D eigenvalue weighted by Gasteiger charge is -2.15. The minimum atomic E-state index is -4.96. The second-order valence-electron chi connectivity index (χ2n) is 4.74. The Morgan fingerprint density at radius 1 is 1.52 bits per heavy atom. The Labute approximate surface area is 117 Å². The molecule has 1 saturated carbocycles. The molecule has 0 radical (unpaired) electrons. The molecule has 1 aromatic rings. The first kappa shape index (κ1) is 15.6. The van der Waals surface area contributed by atoms with Gasteiger partial charge in [-0.15, -0.1) is 0 Å². The molecule has 3 unspecified atom stereocenters. The molecule has 1 heterocycles. The maximum atomic E-state index is 11.6. The fourth-order valence-electron chi connectivity index (χ4n) is 1.88. The largest absolute Gasteiger partial charge is 0.479 e. The number of rotatable bonds is 5. The Morgan fingerprint density at radius 3 is 2.67 bits per heavy atom. The molecule has 1 aliphatic carbocycles. The number of nitrogens with one attached hydrogen (secondary N) is 1. The highest BCUT2D eigenvalue weighted by Gasteiger charge is 2.48. The number of hydrogen-bond donors (Lipinski definition) is 4. The minimum Gasteiger partial charge on any atom is -0.479 e. The van der Waals surface area contributed by atoms with Crippen molar-refractivity contribution < 1.29 is 29.0 Å². The van der Waals surface area contributed by atoms with Crippen LogP contribution in [0.4, 0.5) is 0 Å². The van der Waals surface area contributed by atoms with Crippen LogP contribution in [0.2, 0.25) is 0 Å². The molecule has 21 heavy (non-hydrogen) atoms. The van der Waals surface area contributed by atoms with E-state index in [1.165, 1.54) is 13.1 Å². The van der Waals surface area contributed by atoms with Gasteiger partial charge in [0.25, 0.3) is 11.4 Å². The zero-order chi connectivity index (χ0) is 15.9. The van der Waals surface area contributed by atoms with Gasteiger partial charge in [0.15, 0.2) is 0 Å². The van der Waals surface area contributed by atoms with Crippen molar-refractivity contribution in [1.29, 1.82) is 0 Å². The van der Waals surface area contributed by atoms with Crippen LogP contribution < -0.4 is 11.2 Å². The highest BCUT2D eigenvalue weighted by Crippen LogP contribution is 2.47. The first-order valence-corrected chi connectivity index (χ1v) is 7.55. The summed E-state index contributed by atoms with van der Waals surface area (Å²) in [4.78, 5) is 53.5. The van der Waals surface area contributed by atoms with E-state index in [9.17, 15) is 18.9 Å². The van der Waals surface area contributed by atoms with E-state index in [2.05, 4.69) is 4.98 Å². The Hall–Kier alpha value is -1.74. The topological polar surface area (TPSA) is 159 Å². The van der Waals surface area contributed by atoms with Crippen LogP contribution in [0.1, 0.15) is 18.0 Å². The smallest absolute Gasteiger partial charge is 0.365 e. The van der Waals surface area contributed by atoms with Crippen molar-refractivity contribution in [3.8, 4) is 0 Å². The predicted molar refractivity (Wildman–Crippen MR) is 68.1 cm³/mol. The molecule has 116 valence electrons. The second kappa shape index (κ2) is 5.23. The van der Waals surface area contributed by atoms with Gasteiger partial charge in [0.05, 0.1) is 12.1 Å². The molecule has 0 saturated heterocycles. The lowest BCUT2D eigenvalue weighted by Crippen LogP contribution is -2.32. The van der Waals surface area contributed by atoms with Crippen LogP contribution >= 0.6 is 7.60 Å². The first-order valence-electron chi connectivity index (χ1n) is 5.87. The maximum Gasteiger partial charge on any atom is 0.365 e. The lowest BCUT2D eigenvalue weighted by atomic mass is 10.4. The lowest BCUT2D eigenvalue weighted by molar-refractivity contribution is -0.146. The Kier molecular flexibility index (Phi) is 3.89. The molecule has 1 aliphatic rings. The van der Waals surface area contributed by atoms with Gasteiger partial charge >= 0.3 is 19.3 Å². The van der Waals surface area contributed by atoms with Crippen LogP contribution in [0.3, 0.4) is 0 Å². The number of carboxylic acid groups (broad SMARTS) is 1. The monoisotopic (exact) mass is 320 g/mol. The molecule has 0 amide bonds.